The molecule has 0 spiro atoms. The van der Waals surface area contributed by atoms with E-state index in [1.54, 1.807) is 36.4 Å². The van der Waals surface area contributed by atoms with Gasteiger partial charge in [-0.15, -0.1) is 0 Å². The van der Waals surface area contributed by atoms with E-state index in [1.807, 2.05) is 49.4 Å². The second-order valence-electron chi connectivity index (χ2n) is 6.59. The van der Waals surface area contributed by atoms with Crippen molar-refractivity contribution in [2.45, 2.75) is 11.8 Å². The lowest BCUT2D eigenvalue weighted by atomic mass is 10.2. The van der Waals surface area contributed by atoms with Gasteiger partial charge in [-0.05, 0) is 31.2 Å². The molecular formula is C22H19N3O3S. The molecule has 0 N–H and O–H groups in total. The molecule has 1 aromatic heterocycles. The predicted octanol–water partition coefficient (Wildman–Crippen LogP) is 4.54. The van der Waals surface area contributed by atoms with Crippen LogP contribution in [0, 0.1) is 6.92 Å². The number of hydrogen-bond donors (Lipinski definition) is 0. The molecule has 0 fully saturated rings. The number of aromatic nitrogens is 2. The molecule has 0 saturated carbocycles. The van der Waals surface area contributed by atoms with Crippen LogP contribution in [0.25, 0.3) is 22.8 Å². The Balaban J connectivity index is 1.75. The molecule has 4 aromatic rings. The Morgan fingerprint density at radius 2 is 1.52 bits per heavy atom. The van der Waals surface area contributed by atoms with Crippen molar-refractivity contribution in [2.75, 3.05) is 11.4 Å². The molecule has 0 radical (unpaired) electrons. The van der Waals surface area contributed by atoms with Crippen molar-refractivity contribution < 1.29 is 12.9 Å². The van der Waals surface area contributed by atoms with Gasteiger partial charge in [-0.3, -0.25) is 4.31 Å². The van der Waals surface area contributed by atoms with Gasteiger partial charge in [-0.1, -0.05) is 65.3 Å². The second-order valence-corrected chi connectivity index (χ2v) is 8.53. The van der Waals surface area contributed by atoms with Crippen LogP contribution in [0.2, 0.25) is 0 Å². The summed E-state index contributed by atoms with van der Waals surface area (Å²) in [6, 6.07) is 23.3. The average molecular weight is 405 g/mol. The first-order valence-corrected chi connectivity index (χ1v) is 10.4. The molecule has 0 aliphatic heterocycles. The summed E-state index contributed by atoms with van der Waals surface area (Å²) >= 11 is 0. The predicted molar refractivity (Wildman–Crippen MR) is 112 cm³/mol. The van der Waals surface area contributed by atoms with Crippen molar-refractivity contribution in [1.82, 2.24) is 10.1 Å². The Kier molecular flexibility index (Phi) is 4.90. The standard InChI is InChI=1S/C22H19N3O3S/c1-16-12-14-18(15-13-16)25(2)29(26,27)20-11-7-6-10-19(20)22-23-21(24-28-22)17-8-4-3-5-9-17/h3-15H,1-2H3. The Morgan fingerprint density at radius 3 is 2.24 bits per heavy atom. The highest BCUT2D eigenvalue weighted by atomic mass is 32.2. The van der Waals surface area contributed by atoms with Gasteiger partial charge < -0.3 is 4.52 Å². The summed E-state index contributed by atoms with van der Waals surface area (Å²) < 4.78 is 33.3. The van der Waals surface area contributed by atoms with Crippen LogP contribution in [0.15, 0.2) is 88.3 Å². The summed E-state index contributed by atoms with van der Waals surface area (Å²) in [6.07, 6.45) is 0. The van der Waals surface area contributed by atoms with Gasteiger partial charge in [-0.2, -0.15) is 4.98 Å². The Labute approximate surface area is 169 Å². The van der Waals surface area contributed by atoms with Gasteiger partial charge in [0.25, 0.3) is 15.9 Å². The molecule has 4 rings (SSSR count). The summed E-state index contributed by atoms with van der Waals surface area (Å²) in [5.74, 6) is 0.556. The van der Waals surface area contributed by atoms with Gasteiger partial charge in [0.15, 0.2) is 0 Å². The largest absolute Gasteiger partial charge is 0.334 e. The molecule has 29 heavy (non-hydrogen) atoms. The van der Waals surface area contributed by atoms with Crippen LogP contribution >= 0.6 is 0 Å². The zero-order valence-corrected chi connectivity index (χ0v) is 16.8. The van der Waals surface area contributed by atoms with Gasteiger partial charge in [0.05, 0.1) is 11.3 Å². The van der Waals surface area contributed by atoms with Crippen LogP contribution in [-0.2, 0) is 10.0 Å². The second kappa shape index (κ2) is 7.52. The molecule has 1 heterocycles. The Hall–Kier alpha value is -3.45. The fourth-order valence-electron chi connectivity index (χ4n) is 2.95. The Bertz CT molecular complexity index is 1230. The van der Waals surface area contributed by atoms with E-state index in [-0.39, 0.29) is 10.8 Å². The van der Waals surface area contributed by atoms with Crippen molar-refractivity contribution in [3.05, 3.63) is 84.4 Å². The first kappa shape index (κ1) is 18.9. The molecule has 0 saturated heterocycles. The maximum absolute atomic E-state index is 13.3. The highest BCUT2D eigenvalue weighted by molar-refractivity contribution is 7.93. The zero-order chi connectivity index (χ0) is 20.4. The van der Waals surface area contributed by atoms with Gasteiger partial charge >= 0.3 is 0 Å². The number of nitrogens with zero attached hydrogens (tertiary/aromatic N) is 3. The maximum atomic E-state index is 13.3. The third-order valence-corrected chi connectivity index (χ3v) is 6.46. The fourth-order valence-corrected chi connectivity index (χ4v) is 4.32. The average Bonchev–Trinajstić information content (AvgIpc) is 3.25. The molecule has 0 aliphatic carbocycles. The lowest BCUT2D eigenvalue weighted by Crippen LogP contribution is -2.27. The topological polar surface area (TPSA) is 76.3 Å². The van der Waals surface area contributed by atoms with Crippen LogP contribution in [0.1, 0.15) is 5.56 Å². The monoisotopic (exact) mass is 405 g/mol. The van der Waals surface area contributed by atoms with Crippen molar-refractivity contribution in [3.63, 3.8) is 0 Å². The summed E-state index contributed by atoms with van der Waals surface area (Å²) in [6.45, 7) is 1.95. The number of rotatable bonds is 5. The van der Waals surface area contributed by atoms with Crippen LogP contribution in [0.3, 0.4) is 0 Å². The van der Waals surface area contributed by atoms with Crippen molar-refractivity contribution in [1.29, 1.82) is 0 Å². The number of anilines is 1. The van der Waals surface area contributed by atoms with Gasteiger partial charge in [0.1, 0.15) is 4.90 Å². The number of hydrogen-bond acceptors (Lipinski definition) is 5. The molecule has 0 unspecified atom stereocenters. The zero-order valence-electron chi connectivity index (χ0n) is 16.0. The summed E-state index contributed by atoms with van der Waals surface area (Å²) in [7, 11) is -2.31. The van der Waals surface area contributed by atoms with E-state index in [1.165, 1.54) is 11.4 Å². The highest BCUT2D eigenvalue weighted by Gasteiger charge is 2.27. The molecule has 7 heteroatoms. The quantitative estimate of drug-likeness (QED) is 0.487. The van der Waals surface area contributed by atoms with Gasteiger partial charge in [0.2, 0.25) is 5.82 Å². The number of sulfonamides is 1. The normalized spacial score (nSPS) is 11.4. The van der Waals surface area contributed by atoms with Gasteiger partial charge in [-0.25, -0.2) is 8.42 Å². The van der Waals surface area contributed by atoms with Crippen LogP contribution in [0.5, 0.6) is 0 Å². The number of benzene rings is 3. The molecular weight excluding hydrogens is 386 g/mol. The van der Waals surface area contributed by atoms with Crippen molar-refractivity contribution in [3.8, 4) is 22.8 Å². The van der Waals surface area contributed by atoms with E-state index in [4.69, 9.17) is 4.52 Å². The van der Waals surface area contributed by atoms with Crippen LogP contribution < -0.4 is 4.31 Å². The lowest BCUT2D eigenvalue weighted by Gasteiger charge is -2.20. The summed E-state index contributed by atoms with van der Waals surface area (Å²) in [4.78, 5) is 4.51. The molecule has 0 atom stereocenters. The van der Waals surface area contributed by atoms with Crippen molar-refractivity contribution >= 4 is 15.7 Å². The third kappa shape index (κ3) is 3.64. The smallest absolute Gasteiger partial charge is 0.264 e. The van der Waals surface area contributed by atoms with E-state index in [2.05, 4.69) is 10.1 Å². The first-order valence-electron chi connectivity index (χ1n) is 9.01. The third-order valence-electron chi connectivity index (χ3n) is 4.61. The van der Waals surface area contributed by atoms with E-state index >= 15 is 0 Å². The molecule has 0 aliphatic rings. The van der Waals surface area contributed by atoms with Crippen LogP contribution in [-0.4, -0.2) is 25.6 Å². The minimum Gasteiger partial charge on any atom is -0.334 e. The summed E-state index contributed by atoms with van der Waals surface area (Å²) in [5, 5.41) is 4.00. The molecule has 146 valence electrons. The van der Waals surface area contributed by atoms with E-state index in [9.17, 15) is 8.42 Å². The molecule has 0 bridgehead atoms. The maximum Gasteiger partial charge on any atom is 0.264 e. The minimum atomic E-state index is -3.83. The van der Waals surface area contributed by atoms with Gasteiger partial charge in [0, 0.05) is 12.6 Å². The first-order chi connectivity index (χ1) is 14.0. The van der Waals surface area contributed by atoms with Crippen molar-refractivity contribution in [2.24, 2.45) is 0 Å². The van der Waals surface area contributed by atoms with E-state index in [0.717, 1.165) is 11.1 Å². The molecule has 0 amide bonds. The highest BCUT2D eigenvalue weighted by Crippen LogP contribution is 2.31. The van der Waals surface area contributed by atoms with E-state index in [0.29, 0.717) is 17.1 Å². The minimum absolute atomic E-state index is 0.103. The Morgan fingerprint density at radius 1 is 0.862 bits per heavy atom. The van der Waals surface area contributed by atoms with E-state index < -0.39 is 10.0 Å². The SMILES string of the molecule is Cc1ccc(N(C)S(=O)(=O)c2ccccc2-c2nc(-c3ccccc3)no2)cc1. The molecule has 6 nitrogen and oxygen atoms in total. The molecule has 3 aromatic carbocycles. The van der Waals surface area contributed by atoms with Crippen LogP contribution in [0.4, 0.5) is 5.69 Å². The fraction of sp³-hybridized carbons (Fsp3) is 0.0909. The summed E-state index contributed by atoms with van der Waals surface area (Å²) in [5.41, 5.74) is 2.78. The number of aryl methyl sites for hydroxylation is 1. The lowest BCUT2D eigenvalue weighted by molar-refractivity contribution is 0.431.